The standard InChI is InChI=1S/C18H23N3O2S/c1-13-5-3-6-14(9-13)17-20-15(12-24-17)10-19-18(22)21(2)11-16-7-4-8-23-16/h3,5-6,9,12,16H,4,7-8,10-11H2,1-2H3,(H,19,22). The molecule has 2 heterocycles. The van der Waals surface area contributed by atoms with Crippen molar-refractivity contribution in [2.24, 2.45) is 0 Å². The lowest BCUT2D eigenvalue weighted by atomic mass is 10.1. The Balaban J connectivity index is 1.52. The number of hydrogen-bond acceptors (Lipinski definition) is 4. The molecule has 24 heavy (non-hydrogen) atoms. The van der Waals surface area contributed by atoms with Crippen molar-refractivity contribution in [1.29, 1.82) is 0 Å². The van der Waals surface area contributed by atoms with Crippen LogP contribution in [0.2, 0.25) is 0 Å². The van der Waals surface area contributed by atoms with E-state index in [1.165, 1.54) is 5.56 Å². The SMILES string of the molecule is Cc1cccc(-c2nc(CNC(=O)N(C)CC3CCCO3)cs2)c1. The van der Waals surface area contributed by atoms with Gasteiger partial charge < -0.3 is 15.0 Å². The van der Waals surface area contributed by atoms with E-state index in [9.17, 15) is 4.79 Å². The van der Waals surface area contributed by atoms with Crippen LogP contribution in [0.1, 0.15) is 24.1 Å². The molecule has 128 valence electrons. The molecule has 2 amide bonds. The molecule has 1 aromatic heterocycles. The largest absolute Gasteiger partial charge is 0.376 e. The maximum atomic E-state index is 12.2. The van der Waals surface area contributed by atoms with Gasteiger partial charge in [0.15, 0.2) is 0 Å². The Morgan fingerprint density at radius 1 is 1.50 bits per heavy atom. The Hall–Kier alpha value is -1.92. The topological polar surface area (TPSA) is 54.5 Å². The molecule has 2 aromatic rings. The van der Waals surface area contributed by atoms with E-state index < -0.39 is 0 Å². The lowest BCUT2D eigenvalue weighted by Crippen LogP contribution is -2.40. The van der Waals surface area contributed by atoms with Gasteiger partial charge in [-0.15, -0.1) is 11.3 Å². The molecule has 1 N–H and O–H groups in total. The van der Waals surface area contributed by atoms with Crippen molar-refractivity contribution in [3.8, 4) is 10.6 Å². The fourth-order valence-electron chi connectivity index (χ4n) is 2.78. The van der Waals surface area contributed by atoms with Crippen molar-refractivity contribution >= 4 is 17.4 Å². The van der Waals surface area contributed by atoms with Crippen molar-refractivity contribution in [3.05, 3.63) is 40.9 Å². The second-order valence-electron chi connectivity index (χ2n) is 6.19. The van der Waals surface area contributed by atoms with Gasteiger partial charge in [0, 0.05) is 31.1 Å². The van der Waals surface area contributed by atoms with Gasteiger partial charge in [-0.3, -0.25) is 0 Å². The first-order valence-corrected chi connectivity index (χ1v) is 9.12. The van der Waals surface area contributed by atoms with Crippen molar-refractivity contribution in [2.45, 2.75) is 32.4 Å². The second kappa shape index (κ2) is 7.77. The van der Waals surface area contributed by atoms with Crippen LogP contribution < -0.4 is 5.32 Å². The first-order chi connectivity index (χ1) is 11.6. The molecule has 1 unspecified atom stereocenters. The monoisotopic (exact) mass is 345 g/mol. The number of rotatable bonds is 5. The number of nitrogens with one attached hydrogen (secondary N) is 1. The zero-order chi connectivity index (χ0) is 16.9. The number of urea groups is 1. The maximum absolute atomic E-state index is 12.2. The predicted molar refractivity (Wildman–Crippen MR) is 96.1 cm³/mol. The van der Waals surface area contributed by atoms with Crippen LogP contribution in [-0.4, -0.2) is 42.2 Å². The first-order valence-electron chi connectivity index (χ1n) is 8.24. The molecule has 5 nitrogen and oxygen atoms in total. The van der Waals surface area contributed by atoms with Gasteiger partial charge in [-0.25, -0.2) is 9.78 Å². The van der Waals surface area contributed by atoms with E-state index in [0.29, 0.717) is 13.1 Å². The molecule has 1 fully saturated rings. The molecule has 1 atom stereocenters. The third kappa shape index (κ3) is 4.33. The Kier molecular flexibility index (Phi) is 5.48. The Bertz CT molecular complexity index is 695. The van der Waals surface area contributed by atoms with Crippen LogP contribution in [0, 0.1) is 6.92 Å². The summed E-state index contributed by atoms with van der Waals surface area (Å²) in [7, 11) is 1.80. The third-order valence-corrected chi connectivity index (χ3v) is 5.03. The lowest BCUT2D eigenvalue weighted by molar-refractivity contribution is 0.0874. The molecule has 1 aliphatic heterocycles. The Morgan fingerprint density at radius 3 is 3.12 bits per heavy atom. The Morgan fingerprint density at radius 2 is 2.38 bits per heavy atom. The van der Waals surface area contributed by atoms with Crippen LogP contribution in [0.25, 0.3) is 10.6 Å². The average Bonchev–Trinajstić information content (AvgIpc) is 3.24. The van der Waals surface area contributed by atoms with Crippen molar-refractivity contribution in [1.82, 2.24) is 15.2 Å². The molecule has 0 spiro atoms. The normalized spacial score (nSPS) is 17.0. The minimum Gasteiger partial charge on any atom is -0.376 e. The molecule has 3 rings (SSSR count). The van der Waals surface area contributed by atoms with E-state index >= 15 is 0 Å². The lowest BCUT2D eigenvalue weighted by Gasteiger charge is -2.20. The summed E-state index contributed by atoms with van der Waals surface area (Å²) in [5.41, 5.74) is 3.22. The van der Waals surface area contributed by atoms with Gasteiger partial charge in [-0.05, 0) is 25.8 Å². The summed E-state index contributed by atoms with van der Waals surface area (Å²) in [6.07, 6.45) is 2.29. The minimum atomic E-state index is -0.0874. The number of ether oxygens (including phenoxy) is 1. The van der Waals surface area contributed by atoms with Crippen LogP contribution in [0.3, 0.4) is 0 Å². The quantitative estimate of drug-likeness (QED) is 0.903. The maximum Gasteiger partial charge on any atom is 0.317 e. The molecule has 0 saturated carbocycles. The summed E-state index contributed by atoms with van der Waals surface area (Å²) < 4.78 is 5.57. The van der Waals surface area contributed by atoms with Gasteiger partial charge in [-0.2, -0.15) is 0 Å². The first kappa shape index (κ1) is 16.9. The summed E-state index contributed by atoms with van der Waals surface area (Å²) in [5.74, 6) is 0. The highest BCUT2D eigenvalue weighted by atomic mass is 32.1. The smallest absolute Gasteiger partial charge is 0.317 e. The number of aromatic nitrogens is 1. The van der Waals surface area contributed by atoms with E-state index in [1.807, 2.05) is 11.4 Å². The van der Waals surface area contributed by atoms with Gasteiger partial charge in [0.1, 0.15) is 5.01 Å². The number of amides is 2. The van der Waals surface area contributed by atoms with Gasteiger partial charge in [0.2, 0.25) is 0 Å². The van der Waals surface area contributed by atoms with Crippen LogP contribution in [0.15, 0.2) is 29.6 Å². The summed E-state index contributed by atoms with van der Waals surface area (Å²) in [4.78, 5) is 18.5. The van der Waals surface area contributed by atoms with E-state index in [1.54, 1.807) is 23.3 Å². The molecule has 1 aliphatic rings. The van der Waals surface area contributed by atoms with E-state index in [-0.39, 0.29) is 12.1 Å². The molecule has 6 heteroatoms. The molecule has 1 aromatic carbocycles. The van der Waals surface area contributed by atoms with Gasteiger partial charge >= 0.3 is 6.03 Å². The zero-order valence-electron chi connectivity index (χ0n) is 14.1. The summed E-state index contributed by atoms with van der Waals surface area (Å²) in [6, 6.07) is 8.20. The fourth-order valence-corrected chi connectivity index (χ4v) is 3.59. The van der Waals surface area contributed by atoms with Crippen LogP contribution >= 0.6 is 11.3 Å². The van der Waals surface area contributed by atoms with Gasteiger partial charge in [-0.1, -0.05) is 23.8 Å². The van der Waals surface area contributed by atoms with Crippen molar-refractivity contribution in [3.63, 3.8) is 0 Å². The fraction of sp³-hybridized carbons (Fsp3) is 0.444. The highest BCUT2D eigenvalue weighted by Gasteiger charge is 2.20. The third-order valence-electron chi connectivity index (χ3n) is 4.09. The number of benzene rings is 1. The zero-order valence-corrected chi connectivity index (χ0v) is 14.9. The summed E-state index contributed by atoms with van der Waals surface area (Å²) in [6.45, 7) is 3.96. The molecule has 0 aliphatic carbocycles. The van der Waals surface area contributed by atoms with Crippen LogP contribution in [0.4, 0.5) is 4.79 Å². The summed E-state index contributed by atoms with van der Waals surface area (Å²) in [5, 5.41) is 5.90. The van der Waals surface area contributed by atoms with Gasteiger partial charge in [0.25, 0.3) is 0 Å². The highest BCUT2D eigenvalue weighted by Crippen LogP contribution is 2.24. The Labute approximate surface area is 146 Å². The van der Waals surface area contributed by atoms with Crippen LogP contribution in [0.5, 0.6) is 0 Å². The minimum absolute atomic E-state index is 0.0874. The van der Waals surface area contributed by atoms with E-state index in [2.05, 4.69) is 35.4 Å². The van der Waals surface area contributed by atoms with Crippen molar-refractivity contribution in [2.75, 3.05) is 20.2 Å². The number of likely N-dealkylation sites (N-methyl/N-ethyl adjacent to an activating group) is 1. The highest BCUT2D eigenvalue weighted by molar-refractivity contribution is 7.13. The van der Waals surface area contributed by atoms with Crippen molar-refractivity contribution < 1.29 is 9.53 Å². The number of thiazole rings is 1. The molecular formula is C18H23N3O2S. The predicted octanol–water partition coefficient (Wildman–Crippen LogP) is 3.44. The number of carbonyl (C=O) groups excluding carboxylic acids is 1. The number of nitrogens with zero attached hydrogens (tertiary/aromatic N) is 2. The molecule has 0 bridgehead atoms. The molecule has 0 radical (unpaired) electrons. The van der Waals surface area contributed by atoms with E-state index in [0.717, 1.165) is 35.7 Å². The molecule has 1 saturated heterocycles. The second-order valence-corrected chi connectivity index (χ2v) is 7.05. The number of hydrogen-bond donors (Lipinski definition) is 1. The molecular weight excluding hydrogens is 322 g/mol. The summed E-state index contributed by atoms with van der Waals surface area (Å²) >= 11 is 1.60. The number of aryl methyl sites for hydroxylation is 1. The van der Waals surface area contributed by atoms with Crippen LogP contribution in [-0.2, 0) is 11.3 Å². The number of carbonyl (C=O) groups is 1. The average molecular weight is 345 g/mol. The van der Waals surface area contributed by atoms with E-state index in [4.69, 9.17) is 4.74 Å². The van der Waals surface area contributed by atoms with Gasteiger partial charge in [0.05, 0.1) is 18.3 Å².